The number of ether oxygens (including phenoxy) is 3. The van der Waals surface area contributed by atoms with Crippen molar-refractivity contribution in [3.05, 3.63) is 47.7 Å². The molecule has 3 heterocycles. The minimum atomic E-state index is -0.299. The van der Waals surface area contributed by atoms with E-state index in [9.17, 15) is 4.79 Å². The number of amides is 1. The third-order valence-corrected chi connectivity index (χ3v) is 6.56. The van der Waals surface area contributed by atoms with Crippen molar-refractivity contribution in [3.8, 4) is 5.75 Å². The molecule has 34 heavy (non-hydrogen) atoms. The lowest BCUT2D eigenvalue weighted by Crippen LogP contribution is -2.31. The van der Waals surface area contributed by atoms with Gasteiger partial charge in [0.25, 0.3) is 5.91 Å². The van der Waals surface area contributed by atoms with Crippen LogP contribution in [0.2, 0.25) is 0 Å². The Bertz CT molecular complexity index is 1100. The fourth-order valence-electron chi connectivity index (χ4n) is 4.40. The molecule has 0 bridgehead atoms. The molecule has 1 saturated heterocycles. The van der Waals surface area contributed by atoms with Gasteiger partial charge in [0, 0.05) is 38.4 Å². The third-order valence-electron chi connectivity index (χ3n) is 6.01. The van der Waals surface area contributed by atoms with Gasteiger partial charge in [-0.15, -0.1) is 0 Å². The van der Waals surface area contributed by atoms with Crippen molar-refractivity contribution in [1.29, 1.82) is 0 Å². The van der Waals surface area contributed by atoms with E-state index in [0.717, 1.165) is 29.8 Å². The molecular formula is C25H30N4O4S. The van der Waals surface area contributed by atoms with Gasteiger partial charge in [0.2, 0.25) is 0 Å². The molecule has 1 aromatic carbocycles. The fourth-order valence-corrected chi connectivity index (χ4v) is 4.77. The lowest BCUT2D eigenvalue weighted by molar-refractivity contribution is 0.0511. The quantitative estimate of drug-likeness (QED) is 0.311. The summed E-state index contributed by atoms with van der Waals surface area (Å²) in [5.41, 5.74) is 3.57. The van der Waals surface area contributed by atoms with E-state index >= 15 is 0 Å². The number of anilines is 2. The maximum Gasteiger partial charge on any atom is 0.264 e. The highest BCUT2D eigenvalue weighted by molar-refractivity contribution is 7.98. The SMILES string of the molecule is C=Cc1cc(OCOC)cc(N2C(=O)c3c(nc(SC)nc3N3CCCOCC3)C2C)c1C=C. The maximum absolute atomic E-state index is 14.0. The highest BCUT2D eigenvalue weighted by Crippen LogP contribution is 2.44. The number of thioether (sulfide) groups is 1. The number of carbonyl (C=O) groups excluding carboxylic acids is 1. The van der Waals surface area contributed by atoms with Crippen LogP contribution in [0.1, 0.15) is 46.6 Å². The van der Waals surface area contributed by atoms with Gasteiger partial charge in [-0.1, -0.05) is 37.1 Å². The summed E-state index contributed by atoms with van der Waals surface area (Å²) in [4.78, 5) is 27.4. The predicted molar refractivity (Wildman–Crippen MR) is 136 cm³/mol. The van der Waals surface area contributed by atoms with E-state index < -0.39 is 0 Å². The molecular weight excluding hydrogens is 452 g/mol. The summed E-state index contributed by atoms with van der Waals surface area (Å²) in [5, 5.41) is 0.647. The van der Waals surface area contributed by atoms with Crippen LogP contribution in [0.15, 0.2) is 30.4 Å². The molecule has 0 radical (unpaired) electrons. The van der Waals surface area contributed by atoms with Gasteiger partial charge in [0.05, 0.1) is 24.0 Å². The summed E-state index contributed by atoms with van der Waals surface area (Å²) in [6.07, 6.45) is 6.29. The van der Waals surface area contributed by atoms with Crippen molar-refractivity contribution in [2.75, 3.05) is 56.3 Å². The fraction of sp³-hybridized carbons (Fsp3) is 0.400. The Hall–Kier alpha value is -2.88. The monoisotopic (exact) mass is 482 g/mol. The van der Waals surface area contributed by atoms with Crippen LogP contribution in [0.3, 0.4) is 0 Å². The Kier molecular flexibility index (Phi) is 7.55. The van der Waals surface area contributed by atoms with Crippen LogP contribution in [0.4, 0.5) is 11.5 Å². The standard InChI is InChI=1S/C25H30N4O4S/c1-6-17-13-18(33-15-31-4)14-20(19(17)7-2)29-16(3)22-21(24(29)30)23(27-25(26-22)34-5)28-9-8-11-32-12-10-28/h6-7,13-14,16H,1-2,8-12,15H2,3-5H3. The van der Waals surface area contributed by atoms with Crippen LogP contribution in [0.25, 0.3) is 12.2 Å². The van der Waals surface area contributed by atoms with E-state index in [0.29, 0.717) is 47.7 Å². The average molecular weight is 483 g/mol. The molecule has 4 rings (SSSR count). The number of hydrogen-bond acceptors (Lipinski definition) is 8. The predicted octanol–water partition coefficient (Wildman–Crippen LogP) is 4.42. The molecule has 9 heteroatoms. The summed E-state index contributed by atoms with van der Waals surface area (Å²) in [6, 6.07) is 3.40. The number of benzene rings is 1. The second-order valence-corrected chi connectivity index (χ2v) is 8.78. The topological polar surface area (TPSA) is 77.0 Å². The lowest BCUT2D eigenvalue weighted by atomic mass is 10.0. The number of aromatic nitrogens is 2. The molecule has 2 aliphatic rings. The zero-order chi connectivity index (χ0) is 24.2. The molecule has 1 atom stereocenters. The molecule has 1 aromatic heterocycles. The van der Waals surface area contributed by atoms with Crippen molar-refractivity contribution in [2.24, 2.45) is 0 Å². The van der Waals surface area contributed by atoms with E-state index in [1.54, 1.807) is 24.2 Å². The van der Waals surface area contributed by atoms with Gasteiger partial charge < -0.3 is 19.1 Å². The van der Waals surface area contributed by atoms with E-state index in [-0.39, 0.29) is 18.7 Å². The van der Waals surface area contributed by atoms with Crippen LogP contribution in [-0.4, -0.2) is 62.3 Å². The summed E-state index contributed by atoms with van der Waals surface area (Å²) in [5.74, 6) is 1.11. The highest BCUT2D eigenvalue weighted by Gasteiger charge is 2.41. The smallest absolute Gasteiger partial charge is 0.264 e. The van der Waals surface area contributed by atoms with E-state index in [2.05, 4.69) is 18.1 Å². The van der Waals surface area contributed by atoms with Crippen molar-refractivity contribution in [1.82, 2.24) is 9.97 Å². The van der Waals surface area contributed by atoms with Crippen molar-refractivity contribution in [3.63, 3.8) is 0 Å². The molecule has 180 valence electrons. The average Bonchev–Trinajstić information content (AvgIpc) is 3.03. The molecule has 1 fully saturated rings. The van der Waals surface area contributed by atoms with Gasteiger partial charge in [-0.3, -0.25) is 9.69 Å². The Labute approximate surface area is 204 Å². The molecule has 0 saturated carbocycles. The molecule has 1 amide bonds. The first-order chi connectivity index (χ1) is 16.5. The third kappa shape index (κ3) is 4.43. The second-order valence-electron chi connectivity index (χ2n) is 8.00. The zero-order valence-corrected chi connectivity index (χ0v) is 20.7. The summed E-state index contributed by atoms with van der Waals surface area (Å²) in [6.45, 7) is 12.8. The van der Waals surface area contributed by atoms with Crippen LogP contribution in [0, 0.1) is 0 Å². The van der Waals surface area contributed by atoms with Gasteiger partial charge in [-0.25, -0.2) is 9.97 Å². The Morgan fingerprint density at radius 1 is 1.24 bits per heavy atom. The highest BCUT2D eigenvalue weighted by atomic mass is 32.2. The Balaban J connectivity index is 1.85. The summed E-state index contributed by atoms with van der Waals surface area (Å²) in [7, 11) is 1.56. The van der Waals surface area contributed by atoms with Crippen LogP contribution < -0.4 is 14.5 Å². The molecule has 2 aromatic rings. The molecule has 8 nitrogen and oxygen atoms in total. The number of rotatable bonds is 8. The van der Waals surface area contributed by atoms with Crippen LogP contribution >= 0.6 is 11.8 Å². The van der Waals surface area contributed by atoms with Gasteiger partial charge in [-0.05, 0) is 31.2 Å². The minimum absolute atomic E-state index is 0.0942. The maximum atomic E-state index is 14.0. The van der Waals surface area contributed by atoms with Gasteiger partial charge >= 0.3 is 0 Å². The number of fused-ring (bicyclic) bond motifs is 1. The Morgan fingerprint density at radius 2 is 2.06 bits per heavy atom. The zero-order valence-electron chi connectivity index (χ0n) is 19.9. The van der Waals surface area contributed by atoms with E-state index in [4.69, 9.17) is 24.2 Å². The minimum Gasteiger partial charge on any atom is -0.467 e. The van der Waals surface area contributed by atoms with Crippen molar-refractivity contribution < 1.29 is 19.0 Å². The van der Waals surface area contributed by atoms with Gasteiger partial charge in [-0.2, -0.15) is 0 Å². The lowest BCUT2D eigenvalue weighted by Gasteiger charge is -2.25. The summed E-state index contributed by atoms with van der Waals surface area (Å²) < 4.78 is 16.4. The molecule has 0 spiro atoms. The van der Waals surface area contributed by atoms with Crippen molar-refractivity contribution in [2.45, 2.75) is 24.5 Å². The number of carbonyl (C=O) groups is 1. The van der Waals surface area contributed by atoms with Crippen molar-refractivity contribution >= 4 is 41.3 Å². The summed E-state index contributed by atoms with van der Waals surface area (Å²) >= 11 is 1.47. The van der Waals surface area contributed by atoms with E-state index in [1.165, 1.54) is 11.8 Å². The number of nitrogens with zero attached hydrogens (tertiary/aromatic N) is 4. The largest absolute Gasteiger partial charge is 0.467 e. The van der Waals surface area contributed by atoms with E-state index in [1.807, 2.05) is 25.3 Å². The van der Waals surface area contributed by atoms with Crippen LogP contribution in [-0.2, 0) is 9.47 Å². The normalized spacial score (nSPS) is 18.0. The van der Waals surface area contributed by atoms with Crippen LogP contribution in [0.5, 0.6) is 5.75 Å². The first kappa shape index (κ1) is 24.3. The van der Waals surface area contributed by atoms with Gasteiger partial charge in [0.1, 0.15) is 17.1 Å². The first-order valence-corrected chi connectivity index (χ1v) is 12.4. The first-order valence-electron chi connectivity index (χ1n) is 11.2. The number of methoxy groups -OCH3 is 1. The molecule has 0 aliphatic carbocycles. The Morgan fingerprint density at radius 3 is 2.76 bits per heavy atom. The second kappa shape index (κ2) is 10.6. The molecule has 2 aliphatic heterocycles. The molecule has 1 unspecified atom stereocenters. The van der Waals surface area contributed by atoms with Gasteiger partial charge in [0.15, 0.2) is 11.9 Å². The number of hydrogen-bond donors (Lipinski definition) is 0. The molecule has 0 N–H and O–H groups in total.